The minimum absolute atomic E-state index is 0.886. The van der Waals surface area contributed by atoms with Gasteiger partial charge in [0, 0.05) is 0 Å². The van der Waals surface area contributed by atoms with Crippen molar-refractivity contribution in [2.75, 3.05) is 6.61 Å². The predicted octanol–water partition coefficient (Wildman–Crippen LogP) is 6.44. The number of rotatable bonds is 13. The smallest absolute Gasteiger partial charge is 0.173 e. The lowest BCUT2D eigenvalue weighted by molar-refractivity contribution is 0.312. The zero-order valence-electron chi connectivity index (χ0n) is 12.5. The molecule has 0 aliphatic carbocycles. The molecule has 0 unspecified atom stereocenters. The van der Waals surface area contributed by atoms with Crippen molar-refractivity contribution in [3.8, 4) is 5.06 Å². The molecule has 0 N–H and O–H groups in total. The molecule has 1 aromatic rings. The zero-order valence-corrected chi connectivity index (χ0v) is 13.4. The van der Waals surface area contributed by atoms with Crippen molar-refractivity contribution >= 4 is 11.3 Å². The summed E-state index contributed by atoms with van der Waals surface area (Å²) >= 11 is 1.68. The molecule has 0 saturated carbocycles. The Labute approximate surface area is 123 Å². The second kappa shape index (κ2) is 12.5. The lowest BCUT2D eigenvalue weighted by Crippen LogP contribution is -1.95. The highest BCUT2D eigenvalue weighted by Gasteiger charge is 1.95. The molecule has 1 aromatic heterocycles. The molecule has 0 bridgehead atoms. The van der Waals surface area contributed by atoms with Crippen LogP contribution in [-0.4, -0.2) is 6.61 Å². The standard InChI is InChI=1S/C17H30OS/c1-2-3-4-5-6-7-8-9-10-11-12-15-18-17-14-13-16-19-17/h13-14,16H,2-12,15H2,1H3. The monoisotopic (exact) mass is 282 g/mol. The van der Waals surface area contributed by atoms with Crippen LogP contribution in [0.15, 0.2) is 17.5 Å². The van der Waals surface area contributed by atoms with E-state index in [1.54, 1.807) is 11.3 Å². The number of hydrogen-bond acceptors (Lipinski definition) is 2. The van der Waals surface area contributed by atoms with Gasteiger partial charge in [0.25, 0.3) is 0 Å². The van der Waals surface area contributed by atoms with Crippen molar-refractivity contribution in [2.24, 2.45) is 0 Å². The molecule has 0 amide bonds. The number of unbranched alkanes of at least 4 members (excludes halogenated alkanes) is 10. The summed E-state index contributed by atoms with van der Waals surface area (Å²) in [5, 5.41) is 3.13. The largest absolute Gasteiger partial charge is 0.484 e. The first-order chi connectivity index (χ1) is 9.43. The van der Waals surface area contributed by atoms with Crippen LogP contribution in [0.5, 0.6) is 5.06 Å². The first kappa shape index (κ1) is 16.6. The van der Waals surface area contributed by atoms with Crippen molar-refractivity contribution in [1.82, 2.24) is 0 Å². The van der Waals surface area contributed by atoms with Crippen LogP contribution >= 0.6 is 11.3 Å². The molecule has 1 nitrogen and oxygen atoms in total. The second-order valence-corrected chi connectivity index (χ2v) is 6.23. The Kier molecular flexibility index (Phi) is 10.9. The first-order valence-corrected chi connectivity index (χ1v) is 8.97. The van der Waals surface area contributed by atoms with Gasteiger partial charge in [-0.15, -0.1) is 11.3 Å². The van der Waals surface area contributed by atoms with E-state index in [4.69, 9.17) is 4.74 Å². The van der Waals surface area contributed by atoms with Crippen molar-refractivity contribution in [1.29, 1.82) is 0 Å². The maximum Gasteiger partial charge on any atom is 0.173 e. The van der Waals surface area contributed by atoms with Crippen molar-refractivity contribution < 1.29 is 4.74 Å². The first-order valence-electron chi connectivity index (χ1n) is 8.10. The van der Waals surface area contributed by atoms with E-state index < -0.39 is 0 Å². The van der Waals surface area contributed by atoms with E-state index in [9.17, 15) is 0 Å². The SMILES string of the molecule is CCCCCCCCCCCCCOc1cccs1. The summed E-state index contributed by atoms with van der Waals surface area (Å²) in [5.74, 6) is 0. The maximum atomic E-state index is 5.65. The number of ether oxygens (including phenoxy) is 1. The Morgan fingerprint density at radius 3 is 1.95 bits per heavy atom. The summed E-state index contributed by atoms with van der Waals surface area (Å²) in [6.45, 7) is 3.17. The maximum absolute atomic E-state index is 5.65. The summed E-state index contributed by atoms with van der Waals surface area (Å²) in [6, 6.07) is 4.09. The van der Waals surface area contributed by atoms with Crippen LogP contribution in [0.2, 0.25) is 0 Å². The average molecular weight is 282 g/mol. The molecule has 2 heteroatoms. The highest BCUT2D eigenvalue weighted by molar-refractivity contribution is 7.11. The third-order valence-electron chi connectivity index (χ3n) is 3.49. The Hall–Kier alpha value is -0.500. The molecule has 0 atom stereocenters. The predicted molar refractivity (Wildman–Crippen MR) is 86.3 cm³/mol. The molecule has 0 saturated heterocycles. The summed E-state index contributed by atoms with van der Waals surface area (Å²) in [4.78, 5) is 0. The Balaban J connectivity index is 1.72. The van der Waals surface area contributed by atoms with Crippen molar-refractivity contribution in [3.05, 3.63) is 17.5 Å². The lowest BCUT2D eigenvalue weighted by atomic mass is 10.1. The lowest BCUT2D eigenvalue weighted by Gasteiger charge is -2.04. The van der Waals surface area contributed by atoms with Crippen molar-refractivity contribution in [3.63, 3.8) is 0 Å². The van der Waals surface area contributed by atoms with Gasteiger partial charge >= 0.3 is 0 Å². The van der Waals surface area contributed by atoms with E-state index in [0.717, 1.165) is 11.7 Å². The molecule has 1 heterocycles. The van der Waals surface area contributed by atoms with Crippen LogP contribution in [-0.2, 0) is 0 Å². The zero-order chi connectivity index (χ0) is 13.6. The summed E-state index contributed by atoms with van der Waals surface area (Å²) in [6.07, 6.45) is 15.3. The van der Waals surface area contributed by atoms with Gasteiger partial charge in [-0.25, -0.2) is 0 Å². The third kappa shape index (κ3) is 10.0. The van der Waals surface area contributed by atoms with Gasteiger partial charge in [-0.1, -0.05) is 71.1 Å². The van der Waals surface area contributed by atoms with Crippen molar-refractivity contribution in [2.45, 2.75) is 77.6 Å². The molecule has 110 valence electrons. The van der Waals surface area contributed by atoms with Gasteiger partial charge in [-0.05, 0) is 23.9 Å². The highest BCUT2D eigenvalue weighted by Crippen LogP contribution is 2.18. The minimum Gasteiger partial charge on any atom is -0.484 e. The van der Waals surface area contributed by atoms with E-state index in [2.05, 4.69) is 12.3 Å². The molecule has 0 radical (unpaired) electrons. The molecule has 0 spiro atoms. The van der Waals surface area contributed by atoms with Gasteiger partial charge in [-0.3, -0.25) is 0 Å². The van der Waals surface area contributed by atoms with E-state index >= 15 is 0 Å². The molecular weight excluding hydrogens is 252 g/mol. The van der Waals surface area contributed by atoms with Gasteiger partial charge < -0.3 is 4.74 Å². The third-order valence-corrected chi connectivity index (χ3v) is 4.27. The van der Waals surface area contributed by atoms with E-state index in [-0.39, 0.29) is 0 Å². The fourth-order valence-corrected chi connectivity index (χ4v) is 2.88. The van der Waals surface area contributed by atoms with Gasteiger partial charge in [0.2, 0.25) is 0 Å². The summed E-state index contributed by atoms with van der Waals surface area (Å²) in [5.41, 5.74) is 0. The summed E-state index contributed by atoms with van der Waals surface area (Å²) in [7, 11) is 0. The molecule has 0 aliphatic rings. The Bertz CT molecular complexity index is 269. The van der Waals surface area contributed by atoms with Gasteiger partial charge in [0.15, 0.2) is 5.06 Å². The Morgan fingerprint density at radius 1 is 0.842 bits per heavy atom. The van der Waals surface area contributed by atoms with Crippen LogP contribution in [0.25, 0.3) is 0 Å². The van der Waals surface area contributed by atoms with Crippen LogP contribution in [0.1, 0.15) is 77.6 Å². The normalized spacial score (nSPS) is 10.8. The highest BCUT2D eigenvalue weighted by atomic mass is 32.1. The quantitative estimate of drug-likeness (QED) is 0.378. The average Bonchev–Trinajstić information content (AvgIpc) is 2.93. The molecule has 0 aliphatic heterocycles. The molecule has 0 fully saturated rings. The topological polar surface area (TPSA) is 9.23 Å². The fourth-order valence-electron chi connectivity index (χ4n) is 2.28. The molecule has 19 heavy (non-hydrogen) atoms. The molecular formula is C17H30OS. The van der Waals surface area contributed by atoms with Gasteiger partial charge in [0.05, 0.1) is 6.61 Å². The van der Waals surface area contributed by atoms with E-state index in [1.807, 2.05) is 12.1 Å². The fraction of sp³-hybridized carbons (Fsp3) is 0.765. The van der Waals surface area contributed by atoms with E-state index in [1.165, 1.54) is 70.6 Å². The second-order valence-electron chi connectivity index (χ2n) is 5.32. The Morgan fingerprint density at radius 2 is 1.42 bits per heavy atom. The number of hydrogen-bond donors (Lipinski definition) is 0. The number of thiophene rings is 1. The van der Waals surface area contributed by atoms with Crippen LogP contribution < -0.4 is 4.74 Å². The van der Waals surface area contributed by atoms with E-state index in [0.29, 0.717) is 0 Å². The minimum atomic E-state index is 0.886. The van der Waals surface area contributed by atoms with Crippen LogP contribution in [0.3, 0.4) is 0 Å². The molecule has 1 rings (SSSR count). The van der Waals surface area contributed by atoms with Gasteiger partial charge in [-0.2, -0.15) is 0 Å². The van der Waals surface area contributed by atoms with Gasteiger partial charge in [0.1, 0.15) is 0 Å². The summed E-state index contributed by atoms with van der Waals surface area (Å²) < 4.78 is 5.65. The van der Waals surface area contributed by atoms with Crippen LogP contribution in [0.4, 0.5) is 0 Å². The molecule has 0 aromatic carbocycles. The van der Waals surface area contributed by atoms with Crippen LogP contribution in [0, 0.1) is 0 Å².